The molecule has 2 aromatic carbocycles. The molecule has 17 heteroatoms. The predicted octanol–water partition coefficient (Wildman–Crippen LogP) is 0.836. The van der Waals surface area contributed by atoms with Crippen molar-refractivity contribution in [3.8, 4) is 0 Å². The summed E-state index contributed by atoms with van der Waals surface area (Å²) in [6.07, 6.45) is 7.88. The summed E-state index contributed by atoms with van der Waals surface area (Å²) in [6, 6.07) is 9.22. The minimum absolute atomic E-state index is 0.0237. The van der Waals surface area contributed by atoms with Gasteiger partial charge in [-0.3, -0.25) is 38.7 Å². The average Bonchev–Trinajstić information content (AvgIpc) is 3.92. The summed E-state index contributed by atoms with van der Waals surface area (Å²) in [5.74, 6) is -4.17. The molecule has 0 bridgehead atoms. The number of nitrogens with zero attached hydrogens (tertiary/aromatic N) is 3. The van der Waals surface area contributed by atoms with E-state index in [9.17, 15) is 24.0 Å². The fraction of sp³-hybridized carbons (Fsp3) is 0.523. The molecular weight excluding hydrogens is 779 g/mol. The first-order valence-electron chi connectivity index (χ1n) is 21.6. The van der Waals surface area contributed by atoms with E-state index >= 15 is 4.79 Å². The summed E-state index contributed by atoms with van der Waals surface area (Å²) in [7, 11) is 0. The molecular formula is C44H61N11O6. The highest BCUT2D eigenvalue weighted by Gasteiger charge is 2.46. The van der Waals surface area contributed by atoms with Crippen molar-refractivity contribution < 1.29 is 28.8 Å². The summed E-state index contributed by atoms with van der Waals surface area (Å²) in [5, 5.41) is 9.62. The lowest BCUT2D eigenvalue weighted by atomic mass is 9.84. The molecule has 3 heterocycles. The lowest BCUT2D eigenvalue weighted by Gasteiger charge is -2.37. The summed E-state index contributed by atoms with van der Waals surface area (Å²) < 4.78 is 0. The van der Waals surface area contributed by atoms with E-state index in [0.29, 0.717) is 19.3 Å². The molecule has 3 fully saturated rings. The zero-order valence-electron chi connectivity index (χ0n) is 34.7. The van der Waals surface area contributed by atoms with Crippen LogP contribution in [0.1, 0.15) is 81.8 Å². The van der Waals surface area contributed by atoms with Crippen LogP contribution in [0.15, 0.2) is 65.8 Å². The van der Waals surface area contributed by atoms with Crippen LogP contribution in [0.25, 0.3) is 10.9 Å². The Morgan fingerprint density at radius 2 is 1.48 bits per heavy atom. The second-order valence-corrected chi connectivity index (χ2v) is 16.6. The zero-order chi connectivity index (χ0) is 43.5. The van der Waals surface area contributed by atoms with E-state index in [1.54, 1.807) is 30.5 Å². The number of benzene rings is 2. The molecule has 2 saturated heterocycles. The van der Waals surface area contributed by atoms with Crippen LogP contribution in [0.2, 0.25) is 0 Å². The van der Waals surface area contributed by atoms with E-state index in [1.807, 2.05) is 30.3 Å². The van der Waals surface area contributed by atoms with Crippen molar-refractivity contribution in [1.29, 1.82) is 0 Å². The second kappa shape index (κ2) is 21.1. The first-order valence-corrected chi connectivity index (χ1v) is 21.6. The number of imide groups is 1. The van der Waals surface area contributed by atoms with Gasteiger partial charge < -0.3 is 48.8 Å². The zero-order valence-corrected chi connectivity index (χ0v) is 34.7. The van der Waals surface area contributed by atoms with Crippen LogP contribution >= 0.6 is 0 Å². The number of fused-ring (bicyclic) bond motifs is 2. The first-order chi connectivity index (χ1) is 29.4. The van der Waals surface area contributed by atoms with Crippen molar-refractivity contribution in [2.45, 2.75) is 120 Å². The quantitative estimate of drug-likeness (QED) is 0.0682. The van der Waals surface area contributed by atoms with Crippen molar-refractivity contribution in [2.24, 2.45) is 33.8 Å². The van der Waals surface area contributed by atoms with Crippen molar-refractivity contribution in [1.82, 2.24) is 30.7 Å². The number of hydrogen-bond acceptors (Lipinski definition) is 9. The fourth-order valence-electron chi connectivity index (χ4n) is 9.02. The smallest absolute Gasteiger partial charge is 0.252 e. The van der Waals surface area contributed by atoms with Crippen molar-refractivity contribution >= 4 is 52.3 Å². The van der Waals surface area contributed by atoms with Crippen molar-refractivity contribution in [2.75, 3.05) is 19.6 Å². The number of aliphatic imine (C=N–C) groups is 1. The highest BCUT2D eigenvalue weighted by molar-refractivity contribution is 6.06. The molecule has 61 heavy (non-hydrogen) atoms. The number of amides is 6. The highest BCUT2D eigenvalue weighted by Crippen LogP contribution is 2.29. The summed E-state index contributed by atoms with van der Waals surface area (Å²) in [4.78, 5) is 97.8. The van der Waals surface area contributed by atoms with E-state index in [2.05, 4.69) is 25.9 Å². The SMILES string of the molecule is NCC[C@H]1C(=O)N2CCC[C@H]2C(=O)N[C@H](CC2CCCCC2)C(=O)N[C@@H](Cc2c[nH]c3ccccc23)C(=O)N[C@@H](CCCN=C(N)N)C(=O)N1C(=O)[C@@H](N)Cc1ccccc1. The number of nitrogens with one attached hydrogen (secondary N) is 4. The third-order valence-corrected chi connectivity index (χ3v) is 12.2. The number of H-pyrrole nitrogens is 1. The van der Waals surface area contributed by atoms with Crippen LogP contribution in [0.3, 0.4) is 0 Å². The molecule has 6 amide bonds. The third kappa shape index (κ3) is 11.3. The van der Waals surface area contributed by atoms with Crippen LogP contribution in [-0.4, -0.2) is 112 Å². The normalized spacial score (nSPS) is 24.0. The molecule has 0 radical (unpaired) electrons. The molecule has 2 aliphatic heterocycles. The number of nitrogens with two attached hydrogens (primary N) is 4. The van der Waals surface area contributed by atoms with Gasteiger partial charge in [-0.2, -0.15) is 0 Å². The molecule has 3 aliphatic rings. The number of carbonyl (C=O) groups excluding carboxylic acids is 6. The molecule has 6 atom stereocenters. The standard InChI is InChI=1S/C44H61N11O6/c45-20-19-37-43(61)54-22-10-18-36(54)40(58)53-34(24-28-13-5-2-6-14-28)38(56)52-35(25-29-26-50-32-16-8-7-15-30(29)32)39(57)51-33(17-9-21-49-44(47)48)42(60)55(37)41(59)31(46)23-27-11-3-1-4-12-27/h1,3-4,7-8,11-12,15-16,26,28,31,33-37,50H,2,5-6,9-10,13-14,17-25,45-46H2,(H,51,57)(H,52,56)(H,53,58)(H4,47,48,49)/t31-,33-,34+,35-,36-,37-/m0/s1. The number of carbonyl (C=O) groups is 6. The van der Waals surface area contributed by atoms with Gasteiger partial charge in [0.2, 0.25) is 29.5 Å². The maximum Gasteiger partial charge on any atom is 0.252 e. The van der Waals surface area contributed by atoms with E-state index in [4.69, 9.17) is 22.9 Å². The second-order valence-electron chi connectivity index (χ2n) is 16.6. The topological polar surface area (TPSA) is 277 Å². The number of aromatic nitrogens is 1. The van der Waals surface area contributed by atoms with Gasteiger partial charge in [-0.15, -0.1) is 0 Å². The molecule has 328 valence electrons. The van der Waals surface area contributed by atoms with Gasteiger partial charge in [0.25, 0.3) is 5.91 Å². The third-order valence-electron chi connectivity index (χ3n) is 12.2. The Balaban J connectivity index is 1.44. The molecule has 1 aromatic heterocycles. The summed E-state index contributed by atoms with van der Waals surface area (Å²) >= 11 is 0. The Morgan fingerprint density at radius 3 is 2.21 bits per heavy atom. The number of hydrogen-bond donors (Lipinski definition) is 8. The average molecular weight is 840 g/mol. The molecule has 6 rings (SSSR count). The lowest BCUT2D eigenvalue weighted by Crippen LogP contribution is -2.63. The molecule has 0 unspecified atom stereocenters. The van der Waals surface area contributed by atoms with Gasteiger partial charge in [-0.1, -0.05) is 80.6 Å². The van der Waals surface area contributed by atoms with E-state index in [1.165, 1.54) is 4.90 Å². The van der Waals surface area contributed by atoms with E-state index in [0.717, 1.165) is 59.0 Å². The maximum absolute atomic E-state index is 15.1. The monoisotopic (exact) mass is 839 g/mol. The Morgan fingerprint density at radius 1 is 0.787 bits per heavy atom. The molecule has 3 aromatic rings. The summed E-state index contributed by atoms with van der Waals surface area (Å²) in [6.45, 7) is 0.174. The van der Waals surface area contributed by atoms with Crippen LogP contribution in [-0.2, 0) is 41.6 Å². The van der Waals surface area contributed by atoms with Gasteiger partial charge in [0.1, 0.15) is 30.2 Å². The molecule has 12 N–H and O–H groups in total. The predicted molar refractivity (Wildman–Crippen MR) is 231 cm³/mol. The van der Waals surface area contributed by atoms with Gasteiger partial charge in [-0.05, 0) is 74.6 Å². The minimum atomic E-state index is -1.46. The van der Waals surface area contributed by atoms with E-state index < -0.39 is 71.7 Å². The Kier molecular flexibility index (Phi) is 15.5. The maximum atomic E-state index is 15.1. The van der Waals surface area contributed by atoms with Gasteiger partial charge in [0.15, 0.2) is 5.96 Å². The number of para-hydroxylation sites is 1. The van der Waals surface area contributed by atoms with Gasteiger partial charge >= 0.3 is 0 Å². The van der Waals surface area contributed by atoms with Crippen LogP contribution in [0.5, 0.6) is 0 Å². The van der Waals surface area contributed by atoms with Gasteiger partial charge in [0.05, 0.1) is 6.04 Å². The van der Waals surface area contributed by atoms with Crippen LogP contribution < -0.4 is 38.9 Å². The lowest BCUT2D eigenvalue weighted by molar-refractivity contribution is -0.158. The number of guanidine groups is 1. The van der Waals surface area contributed by atoms with E-state index in [-0.39, 0.29) is 63.6 Å². The van der Waals surface area contributed by atoms with Crippen molar-refractivity contribution in [3.63, 3.8) is 0 Å². The number of rotatable bonds is 13. The van der Waals surface area contributed by atoms with Crippen molar-refractivity contribution in [3.05, 3.63) is 71.9 Å². The van der Waals surface area contributed by atoms with Crippen LogP contribution in [0.4, 0.5) is 0 Å². The fourth-order valence-corrected chi connectivity index (χ4v) is 9.02. The van der Waals surface area contributed by atoms with Gasteiger partial charge in [0, 0.05) is 36.6 Å². The first kappa shape index (κ1) is 44.7. The molecule has 17 nitrogen and oxygen atoms in total. The Bertz CT molecular complexity index is 2050. The largest absolute Gasteiger partial charge is 0.370 e. The molecule has 0 spiro atoms. The van der Waals surface area contributed by atoms with Gasteiger partial charge in [-0.25, -0.2) is 0 Å². The Hall–Kier alpha value is -5.81. The molecule has 1 aliphatic carbocycles. The molecule has 1 saturated carbocycles. The van der Waals surface area contributed by atoms with Crippen LogP contribution in [0, 0.1) is 5.92 Å². The number of aromatic amines is 1. The minimum Gasteiger partial charge on any atom is -0.370 e. The highest BCUT2D eigenvalue weighted by atomic mass is 16.2. The Labute approximate surface area is 356 Å². The summed E-state index contributed by atoms with van der Waals surface area (Å²) in [5.41, 5.74) is 26.2.